The van der Waals surface area contributed by atoms with Crippen molar-refractivity contribution in [1.82, 2.24) is 15.0 Å². The zero-order chi connectivity index (χ0) is 18.2. The van der Waals surface area contributed by atoms with Crippen LogP contribution in [0, 0.1) is 0 Å². The molecule has 0 aliphatic carbocycles. The fraction of sp³-hybridized carbons (Fsp3) is 0.571. The smallest absolute Gasteiger partial charge is 0.165 e. The molecule has 0 bridgehead atoms. The molecule has 0 saturated carbocycles. The van der Waals surface area contributed by atoms with E-state index in [0.717, 1.165) is 6.26 Å². The van der Waals surface area contributed by atoms with Gasteiger partial charge in [0.25, 0.3) is 0 Å². The first kappa shape index (κ1) is 21.0. The number of rotatable bonds is 13. The largest absolute Gasteiger partial charge is 0.512 e. The van der Waals surface area contributed by atoms with Gasteiger partial charge in [0.15, 0.2) is 6.26 Å². The maximum Gasteiger partial charge on any atom is 0.165 e. The maximum atomic E-state index is 8.55. The lowest BCUT2D eigenvalue weighted by molar-refractivity contribution is -0.437. The van der Waals surface area contributed by atoms with E-state index in [1.807, 2.05) is 11.8 Å². The number of hydroxylamine groups is 4. The van der Waals surface area contributed by atoms with Crippen LogP contribution in [0.5, 0.6) is 0 Å². The molecular weight excluding hydrogens is 338 g/mol. The number of hydrogen-bond donors (Lipinski definition) is 2. The highest BCUT2D eigenvalue weighted by Crippen LogP contribution is 2.10. The summed E-state index contributed by atoms with van der Waals surface area (Å²) in [5, 5.41) is 19.8. The van der Waals surface area contributed by atoms with Crippen LogP contribution >= 0.6 is 0 Å². The van der Waals surface area contributed by atoms with E-state index in [-0.39, 0.29) is 13.2 Å². The van der Waals surface area contributed by atoms with Gasteiger partial charge in [-0.3, -0.25) is 10.1 Å². The molecule has 1 aliphatic rings. The van der Waals surface area contributed by atoms with Crippen LogP contribution in [0.1, 0.15) is 6.92 Å². The third-order valence-electron chi connectivity index (χ3n) is 2.63. The summed E-state index contributed by atoms with van der Waals surface area (Å²) in [5.74, 6) is 0. The first-order chi connectivity index (χ1) is 12.3. The molecule has 0 aromatic rings. The molecule has 0 atom stereocenters. The van der Waals surface area contributed by atoms with E-state index in [1.54, 1.807) is 23.6 Å². The van der Waals surface area contributed by atoms with Crippen molar-refractivity contribution in [3.63, 3.8) is 0 Å². The van der Waals surface area contributed by atoms with Gasteiger partial charge < -0.3 is 24.4 Å². The van der Waals surface area contributed by atoms with E-state index in [2.05, 4.69) is 9.78 Å². The Balaban J connectivity index is 2.43. The van der Waals surface area contributed by atoms with E-state index in [9.17, 15) is 0 Å². The van der Waals surface area contributed by atoms with Gasteiger partial charge in [0.1, 0.15) is 46.0 Å². The molecule has 1 aliphatic heterocycles. The van der Waals surface area contributed by atoms with Gasteiger partial charge >= 0.3 is 0 Å². The number of ether oxygens (including phenoxy) is 2. The summed E-state index contributed by atoms with van der Waals surface area (Å²) >= 11 is 0. The number of nitrogens with zero attached hydrogens (tertiary/aromatic N) is 3. The number of aliphatic hydroxyl groups is 1. The Morgan fingerprint density at radius 3 is 2.44 bits per heavy atom. The second kappa shape index (κ2) is 14.3. The van der Waals surface area contributed by atoms with Crippen LogP contribution in [0.3, 0.4) is 0 Å². The summed E-state index contributed by atoms with van der Waals surface area (Å²) in [7, 11) is 0. The van der Waals surface area contributed by atoms with Gasteiger partial charge in [-0.15, -0.1) is 5.06 Å². The molecule has 11 nitrogen and oxygen atoms in total. The Labute approximate surface area is 146 Å². The lowest BCUT2D eigenvalue weighted by atomic mass is 10.6. The molecular formula is C14H25N3O8. The molecule has 1 saturated heterocycles. The first-order valence-corrected chi connectivity index (χ1v) is 7.57. The molecule has 1 heterocycles. The Hall–Kier alpha value is -2.02. The molecule has 0 spiro atoms. The van der Waals surface area contributed by atoms with Crippen molar-refractivity contribution in [2.45, 2.75) is 6.92 Å². The normalized spacial score (nSPS) is 17.1. The summed E-state index contributed by atoms with van der Waals surface area (Å²) in [6.07, 6.45) is 8.23. The molecule has 2 N–H and O–H groups in total. The van der Waals surface area contributed by atoms with E-state index in [0.29, 0.717) is 39.5 Å². The molecule has 144 valence electrons. The zero-order valence-corrected chi connectivity index (χ0v) is 14.1. The van der Waals surface area contributed by atoms with Crippen molar-refractivity contribution in [1.29, 1.82) is 0 Å². The molecule has 0 aromatic heterocycles. The Bertz CT molecular complexity index is 408. The predicted molar refractivity (Wildman–Crippen MR) is 84.4 cm³/mol. The molecule has 0 amide bonds. The van der Waals surface area contributed by atoms with Gasteiger partial charge in [-0.1, -0.05) is 11.1 Å². The van der Waals surface area contributed by atoms with E-state index in [4.69, 9.17) is 29.7 Å². The molecule has 1 fully saturated rings. The number of allylic oxidation sites excluding steroid dienone is 1. The molecule has 0 unspecified atom stereocenters. The van der Waals surface area contributed by atoms with Crippen LogP contribution in [0.25, 0.3) is 0 Å². The fourth-order valence-corrected chi connectivity index (χ4v) is 1.71. The third-order valence-corrected chi connectivity index (χ3v) is 2.63. The first-order valence-electron chi connectivity index (χ1n) is 7.57. The summed E-state index contributed by atoms with van der Waals surface area (Å²) in [6, 6.07) is 0. The Kier molecular flexibility index (Phi) is 12.1. The van der Waals surface area contributed by atoms with Crippen LogP contribution in [0.4, 0.5) is 0 Å². The molecule has 0 aromatic carbocycles. The topological polar surface area (TPSA) is 106 Å². The summed E-state index contributed by atoms with van der Waals surface area (Å²) < 4.78 is 10.3. The Morgan fingerprint density at radius 2 is 1.68 bits per heavy atom. The van der Waals surface area contributed by atoms with Crippen molar-refractivity contribution >= 4 is 0 Å². The fourth-order valence-electron chi connectivity index (χ4n) is 1.71. The van der Waals surface area contributed by atoms with Crippen molar-refractivity contribution in [2.24, 2.45) is 0 Å². The SMILES string of the molecule is C/C=C\OCCON1CN(/C=C\OCCOO)CN(OO/C=C\O)C1. The maximum absolute atomic E-state index is 8.55. The van der Waals surface area contributed by atoms with Crippen LogP contribution in [0.2, 0.25) is 0 Å². The average Bonchev–Trinajstić information content (AvgIpc) is 2.61. The van der Waals surface area contributed by atoms with E-state index in [1.165, 1.54) is 11.3 Å². The van der Waals surface area contributed by atoms with Crippen LogP contribution in [-0.2, 0) is 29.1 Å². The monoisotopic (exact) mass is 363 g/mol. The summed E-state index contributed by atoms with van der Waals surface area (Å²) in [4.78, 5) is 21.0. The standard InChI is InChI=1S/C14H25N3O8/c1-2-5-20-8-10-22-16-12-15(3-6-21-9-11-23-19)13-17(14-16)25-24-7-4-18/h2-7,18-19H,8-14H2,1H3/b5-2-,6-3-,7-4-. The highest BCUT2D eigenvalue weighted by atomic mass is 17.3. The van der Waals surface area contributed by atoms with E-state index < -0.39 is 0 Å². The Morgan fingerprint density at radius 1 is 0.920 bits per heavy atom. The molecule has 11 heteroatoms. The van der Waals surface area contributed by atoms with Gasteiger partial charge in [-0.25, -0.2) is 4.89 Å². The minimum absolute atomic E-state index is 0.0718. The van der Waals surface area contributed by atoms with Gasteiger partial charge in [0.2, 0.25) is 0 Å². The van der Waals surface area contributed by atoms with Crippen molar-refractivity contribution in [2.75, 3.05) is 46.4 Å². The molecule has 1 rings (SSSR count). The minimum Gasteiger partial charge on any atom is -0.512 e. The van der Waals surface area contributed by atoms with Crippen LogP contribution in [0.15, 0.2) is 37.3 Å². The van der Waals surface area contributed by atoms with Gasteiger partial charge in [0, 0.05) is 6.20 Å². The quantitative estimate of drug-likeness (QED) is 0.213. The van der Waals surface area contributed by atoms with Gasteiger partial charge in [0.05, 0.1) is 19.2 Å². The summed E-state index contributed by atoms with van der Waals surface area (Å²) in [6.45, 7) is 4.05. The molecule has 25 heavy (non-hydrogen) atoms. The minimum atomic E-state index is 0.0718. The lowest BCUT2D eigenvalue weighted by Gasteiger charge is -2.38. The third kappa shape index (κ3) is 10.4. The zero-order valence-electron chi connectivity index (χ0n) is 14.1. The van der Waals surface area contributed by atoms with Crippen molar-refractivity contribution in [3.8, 4) is 0 Å². The second-order valence-electron chi connectivity index (χ2n) is 4.60. The van der Waals surface area contributed by atoms with Gasteiger partial charge in [-0.05, 0) is 6.92 Å². The average molecular weight is 363 g/mol. The number of hydrogen-bond acceptors (Lipinski definition) is 11. The molecule has 0 radical (unpaired) electrons. The van der Waals surface area contributed by atoms with E-state index >= 15 is 0 Å². The van der Waals surface area contributed by atoms with Crippen molar-refractivity contribution in [3.05, 3.63) is 37.3 Å². The number of aliphatic hydroxyl groups excluding tert-OH is 1. The summed E-state index contributed by atoms with van der Waals surface area (Å²) in [5.41, 5.74) is 0. The highest BCUT2D eigenvalue weighted by molar-refractivity contribution is 4.76. The van der Waals surface area contributed by atoms with Crippen molar-refractivity contribution < 1.29 is 39.4 Å². The highest BCUT2D eigenvalue weighted by Gasteiger charge is 2.24. The second-order valence-corrected chi connectivity index (χ2v) is 4.60. The lowest BCUT2D eigenvalue weighted by Crippen LogP contribution is -2.52. The van der Waals surface area contributed by atoms with Gasteiger partial charge in [-0.2, -0.15) is 5.06 Å². The van der Waals surface area contributed by atoms with Crippen LogP contribution in [-0.4, -0.2) is 71.8 Å². The van der Waals surface area contributed by atoms with Crippen LogP contribution < -0.4 is 0 Å². The predicted octanol–water partition coefficient (Wildman–Crippen LogP) is 1.13.